The van der Waals surface area contributed by atoms with E-state index < -0.39 is 32.4 Å². The Hall–Kier alpha value is -2.80. The number of aryl methyl sites for hydroxylation is 1. The molecule has 6 nitrogen and oxygen atoms in total. The first-order chi connectivity index (χ1) is 14.0. The zero-order chi connectivity index (χ0) is 22.1. The number of carbonyl (C=O) groups is 1. The molecule has 2 atom stereocenters. The van der Waals surface area contributed by atoms with Crippen molar-refractivity contribution in [2.75, 3.05) is 0 Å². The SMILES string of the molecule is Cc1ccc([C@H]2O/C(=C(\C(=O)OC(C)(C)C)S(=O)(=O)c3ccccc3)N[C@@H]2C)cc1. The minimum absolute atomic E-state index is 0.00445. The van der Waals surface area contributed by atoms with Gasteiger partial charge in [-0.15, -0.1) is 0 Å². The Kier molecular flexibility index (Phi) is 5.94. The van der Waals surface area contributed by atoms with Crippen LogP contribution in [0, 0.1) is 6.92 Å². The maximum Gasteiger partial charge on any atom is 0.356 e. The largest absolute Gasteiger partial charge is 0.468 e. The molecule has 0 amide bonds. The summed E-state index contributed by atoms with van der Waals surface area (Å²) >= 11 is 0. The highest BCUT2D eigenvalue weighted by molar-refractivity contribution is 7.96. The average molecular weight is 430 g/mol. The molecule has 7 heteroatoms. The summed E-state index contributed by atoms with van der Waals surface area (Å²) < 4.78 is 38.1. The predicted octanol–water partition coefficient (Wildman–Crippen LogP) is 4.03. The van der Waals surface area contributed by atoms with Crippen molar-refractivity contribution >= 4 is 15.8 Å². The number of hydrogen-bond donors (Lipinski definition) is 1. The van der Waals surface area contributed by atoms with Crippen LogP contribution < -0.4 is 5.32 Å². The predicted molar refractivity (Wildman–Crippen MR) is 114 cm³/mol. The van der Waals surface area contributed by atoms with E-state index in [1.165, 1.54) is 12.1 Å². The number of carbonyl (C=O) groups excluding carboxylic acids is 1. The number of rotatable bonds is 4. The smallest absolute Gasteiger partial charge is 0.356 e. The van der Waals surface area contributed by atoms with Gasteiger partial charge in [0.2, 0.25) is 20.6 Å². The van der Waals surface area contributed by atoms with Crippen LogP contribution in [0.15, 0.2) is 70.3 Å². The third-order valence-corrected chi connectivity index (χ3v) is 6.36. The van der Waals surface area contributed by atoms with Crippen LogP contribution in [0.1, 0.15) is 44.9 Å². The highest BCUT2D eigenvalue weighted by atomic mass is 32.2. The van der Waals surface area contributed by atoms with Crippen LogP contribution in [0.25, 0.3) is 0 Å². The van der Waals surface area contributed by atoms with E-state index in [1.807, 2.05) is 38.1 Å². The first-order valence-electron chi connectivity index (χ1n) is 9.76. The molecule has 0 saturated carbocycles. The van der Waals surface area contributed by atoms with Crippen LogP contribution in [0.4, 0.5) is 0 Å². The van der Waals surface area contributed by atoms with E-state index in [1.54, 1.807) is 39.0 Å². The quantitative estimate of drug-likeness (QED) is 0.584. The van der Waals surface area contributed by atoms with Crippen LogP contribution in [0.3, 0.4) is 0 Å². The number of sulfone groups is 1. The van der Waals surface area contributed by atoms with Gasteiger partial charge in [-0.25, -0.2) is 13.2 Å². The lowest BCUT2D eigenvalue weighted by Gasteiger charge is -2.21. The molecule has 2 aromatic rings. The van der Waals surface area contributed by atoms with Crippen molar-refractivity contribution in [2.24, 2.45) is 0 Å². The fraction of sp³-hybridized carbons (Fsp3) is 0.348. The lowest BCUT2D eigenvalue weighted by atomic mass is 10.0. The number of ether oxygens (including phenoxy) is 2. The van der Waals surface area contributed by atoms with E-state index in [9.17, 15) is 13.2 Å². The molecule has 30 heavy (non-hydrogen) atoms. The summed E-state index contributed by atoms with van der Waals surface area (Å²) in [6.07, 6.45) is -0.441. The summed E-state index contributed by atoms with van der Waals surface area (Å²) in [5, 5.41) is 3.04. The van der Waals surface area contributed by atoms with E-state index in [-0.39, 0.29) is 16.8 Å². The molecule has 0 bridgehead atoms. The molecule has 1 heterocycles. The van der Waals surface area contributed by atoms with Crippen LogP contribution in [0.2, 0.25) is 0 Å². The van der Waals surface area contributed by atoms with Crippen molar-refractivity contribution in [1.82, 2.24) is 5.32 Å². The average Bonchev–Trinajstić information content (AvgIpc) is 3.02. The minimum atomic E-state index is -4.17. The molecule has 0 aromatic heterocycles. The van der Waals surface area contributed by atoms with Crippen molar-refractivity contribution in [3.8, 4) is 0 Å². The Morgan fingerprint density at radius 1 is 1.03 bits per heavy atom. The molecule has 0 unspecified atom stereocenters. The van der Waals surface area contributed by atoms with Gasteiger partial charge in [0.25, 0.3) is 0 Å². The molecule has 1 fully saturated rings. The fourth-order valence-electron chi connectivity index (χ4n) is 3.14. The second kappa shape index (κ2) is 8.14. The summed E-state index contributed by atoms with van der Waals surface area (Å²) in [5.41, 5.74) is 1.13. The molecule has 1 saturated heterocycles. The zero-order valence-electron chi connectivity index (χ0n) is 17.8. The highest BCUT2D eigenvalue weighted by Crippen LogP contribution is 2.34. The monoisotopic (exact) mass is 429 g/mol. The number of hydrogen-bond acceptors (Lipinski definition) is 6. The lowest BCUT2D eigenvalue weighted by molar-refractivity contribution is -0.149. The van der Waals surface area contributed by atoms with E-state index in [0.717, 1.165) is 11.1 Å². The molecule has 1 aliphatic heterocycles. The van der Waals surface area contributed by atoms with Crippen molar-refractivity contribution in [3.63, 3.8) is 0 Å². The Bertz CT molecular complexity index is 1050. The van der Waals surface area contributed by atoms with Crippen LogP contribution in [-0.4, -0.2) is 26.0 Å². The molecule has 0 aliphatic carbocycles. The summed E-state index contributed by atoms with van der Waals surface area (Å²) in [4.78, 5) is 12.5. The molecule has 0 radical (unpaired) electrons. The topological polar surface area (TPSA) is 81.7 Å². The van der Waals surface area contributed by atoms with Gasteiger partial charge in [-0.2, -0.15) is 0 Å². The zero-order valence-corrected chi connectivity index (χ0v) is 18.6. The minimum Gasteiger partial charge on any atom is -0.468 e. The summed E-state index contributed by atoms with van der Waals surface area (Å²) in [6, 6.07) is 15.3. The molecule has 0 spiro atoms. The number of esters is 1. The van der Waals surface area contributed by atoms with Gasteiger partial charge < -0.3 is 14.8 Å². The Morgan fingerprint density at radius 3 is 2.20 bits per heavy atom. The number of nitrogens with one attached hydrogen (secondary N) is 1. The van der Waals surface area contributed by atoms with Gasteiger partial charge in [0, 0.05) is 0 Å². The Labute approximate surface area is 177 Å². The first-order valence-corrected chi connectivity index (χ1v) is 11.2. The summed E-state index contributed by atoms with van der Waals surface area (Å²) in [5.74, 6) is -1.04. The van der Waals surface area contributed by atoms with E-state index >= 15 is 0 Å². The molecule has 3 rings (SSSR count). The maximum atomic E-state index is 13.4. The summed E-state index contributed by atoms with van der Waals surface area (Å²) in [7, 11) is -4.17. The van der Waals surface area contributed by atoms with E-state index in [2.05, 4.69) is 5.32 Å². The maximum absolute atomic E-state index is 13.4. The Balaban J connectivity index is 2.08. The van der Waals surface area contributed by atoms with Crippen molar-refractivity contribution in [2.45, 2.75) is 57.3 Å². The lowest BCUT2D eigenvalue weighted by Crippen LogP contribution is -2.30. The van der Waals surface area contributed by atoms with Crippen molar-refractivity contribution in [1.29, 1.82) is 0 Å². The highest BCUT2D eigenvalue weighted by Gasteiger charge is 2.41. The van der Waals surface area contributed by atoms with Gasteiger partial charge in [0.15, 0.2) is 0 Å². The van der Waals surface area contributed by atoms with Crippen LogP contribution >= 0.6 is 0 Å². The summed E-state index contributed by atoms with van der Waals surface area (Å²) in [6.45, 7) is 8.91. The van der Waals surface area contributed by atoms with Gasteiger partial charge >= 0.3 is 5.97 Å². The van der Waals surface area contributed by atoms with Gasteiger partial charge in [0.1, 0.15) is 11.7 Å². The second-order valence-electron chi connectivity index (χ2n) is 8.36. The van der Waals surface area contributed by atoms with E-state index in [4.69, 9.17) is 9.47 Å². The van der Waals surface area contributed by atoms with Gasteiger partial charge in [-0.1, -0.05) is 48.0 Å². The molecule has 1 N–H and O–H groups in total. The fourth-order valence-corrected chi connectivity index (χ4v) is 4.51. The normalized spacial score (nSPS) is 20.8. The van der Waals surface area contributed by atoms with E-state index in [0.29, 0.717) is 0 Å². The third kappa shape index (κ3) is 4.67. The van der Waals surface area contributed by atoms with Gasteiger partial charge in [0.05, 0.1) is 10.9 Å². The first kappa shape index (κ1) is 21.9. The van der Waals surface area contributed by atoms with Crippen LogP contribution in [0.5, 0.6) is 0 Å². The molecular weight excluding hydrogens is 402 g/mol. The van der Waals surface area contributed by atoms with Gasteiger partial charge in [-0.05, 0) is 52.3 Å². The second-order valence-corrected chi connectivity index (χ2v) is 10.2. The standard InChI is InChI=1S/C23H27NO5S/c1-15-11-13-17(14-12-15)19-16(2)24-21(28-19)20(22(25)29-23(3,4)5)30(26,27)18-9-7-6-8-10-18/h6-14,16,19,24H,1-5H3/b21-20+/t16-,19+/m1/s1. The number of benzene rings is 2. The van der Waals surface area contributed by atoms with Crippen molar-refractivity contribution in [3.05, 3.63) is 76.5 Å². The Morgan fingerprint density at radius 2 is 1.63 bits per heavy atom. The van der Waals surface area contributed by atoms with Gasteiger partial charge in [-0.3, -0.25) is 0 Å². The molecule has 2 aromatic carbocycles. The third-order valence-electron chi connectivity index (χ3n) is 4.58. The van der Waals surface area contributed by atoms with Crippen LogP contribution in [-0.2, 0) is 24.1 Å². The molecule has 1 aliphatic rings. The molecular formula is C23H27NO5S. The molecule has 160 valence electrons. The van der Waals surface area contributed by atoms with Crippen molar-refractivity contribution < 1.29 is 22.7 Å².